The summed E-state index contributed by atoms with van der Waals surface area (Å²) in [5.41, 5.74) is 1.47. The van der Waals surface area contributed by atoms with Crippen LogP contribution in [0.15, 0.2) is 42.5 Å². The molecule has 0 spiro atoms. The molecule has 1 aromatic carbocycles. The zero-order valence-electron chi connectivity index (χ0n) is 18.3. The van der Waals surface area contributed by atoms with Crippen molar-refractivity contribution >= 4 is 0 Å². The summed E-state index contributed by atoms with van der Waals surface area (Å²) in [5.74, 6) is 14.8. The summed E-state index contributed by atoms with van der Waals surface area (Å²) in [6.07, 6.45) is 12.5. The molecule has 9 rings (SSSR count). The average Bonchev–Trinajstić information content (AvgIpc) is 3.60. The van der Waals surface area contributed by atoms with Crippen molar-refractivity contribution in [3.63, 3.8) is 0 Å². The van der Waals surface area contributed by atoms with Crippen LogP contribution in [-0.4, -0.2) is 0 Å². The largest absolute Gasteiger partial charge is 0.198 e. The van der Waals surface area contributed by atoms with Crippen LogP contribution >= 0.6 is 0 Å². The normalized spacial score (nSPS) is 62.3. The third-order valence-corrected chi connectivity index (χ3v) is 13.0. The Labute approximate surface area is 186 Å². The summed E-state index contributed by atoms with van der Waals surface area (Å²) in [5, 5.41) is 10.3. The van der Waals surface area contributed by atoms with E-state index in [1.165, 1.54) is 18.4 Å². The Hall–Kier alpha value is -1.55. The van der Waals surface area contributed by atoms with E-state index in [0.717, 1.165) is 89.3 Å². The fraction of sp³-hybridized carbons (Fsp3) is 0.700. The first-order valence-corrected chi connectivity index (χ1v) is 13.5. The number of hydrogen-bond acceptors (Lipinski definition) is 1. The highest BCUT2D eigenvalue weighted by Crippen LogP contribution is 2.81. The fourth-order valence-electron chi connectivity index (χ4n) is 13.0. The monoisotopic (exact) mass is 407 g/mol. The number of allylic oxidation sites excluding steroid dienone is 2. The maximum atomic E-state index is 10.3. The first-order valence-electron chi connectivity index (χ1n) is 13.5. The first-order chi connectivity index (χ1) is 15.3. The van der Waals surface area contributed by atoms with Gasteiger partial charge in [-0.3, -0.25) is 0 Å². The van der Waals surface area contributed by atoms with Crippen molar-refractivity contribution in [2.45, 2.75) is 32.1 Å². The Morgan fingerprint density at radius 1 is 0.645 bits per heavy atom. The van der Waals surface area contributed by atoms with Crippen molar-refractivity contribution in [3.05, 3.63) is 48.0 Å². The van der Waals surface area contributed by atoms with Gasteiger partial charge in [-0.05, 0) is 126 Å². The third kappa shape index (κ3) is 1.79. The number of nitriles is 1. The molecular weight excluding hydrogens is 374 g/mol. The summed E-state index contributed by atoms with van der Waals surface area (Å²) in [6, 6.07) is 14.0. The van der Waals surface area contributed by atoms with Crippen molar-refractivity contribution in [1.82, 2.24) is 0 Å². The summed E-state index contributed by atoms with van der Waals surface area (Å²) >= 11 is 0. The molecule has 0 aromatic heterocycles. The van der Waals surface area contributed by atoms with E-state index in [1.54, 1.807) is 12.8 Å². The van der Waals surface area contributed by atoms with Gasteiger partial charge in [0.15, 0.2) is 0 Å². The van der Waals surface area contributed by atoms with Gasteiger partial charge in [-0.15, -0.1) is 0 Å². The predicted octanol–water partition coefficient (Wildman–Crippen LogP) is 5.84. The summed E-state index contributed by atoms with van der Waals surface area (Å²) < 4.78 is 0. The maximum absolute atomic E-state index is 10.3. The van der Waals surface area contributed by atoms with Gasteiger partial charge in [-0.1, -0.05) is 42.5 Å². The number of fused-ring (bicyclic) bond motifs is 23. The fourth-order valence-corrected chi connectivity index (χ4v) is 13.0. The summed E-state index contributed by atoms with van der Waals surface area (Å²) in [6.45, 7) is 0. The minimum atomic E-state index is 0.334. The number of benzene rings is 1. The van der Waals surface area contributed by atoms with E-state index >= 15 is 0 Å². The highest BCUT2D eigenvalue weighted by Gasteiger charge is 2.76. The lowest BCUT2D eigenvalue weighted by Crippen LogP contribution is -2.48. The highest BCUT2D eigenvalue weighted by atomic mass is 14.8. The quantitative estimate of drug-likeness (QED) is 0.446. The lowest BCUT2D eigenvalue weighted by Gasteiger charge is -2.51. The van der Waals surface area contributed by atoms with E-state index in [1.807, 2.05) is 0 Å². The third-order valence-electron chi connectivity index (χ3n) is 13.0. The van der Waals surface area contributed by atoms with Gasteiger partial charge in [0.1, 0.15) is 0 Å². The Bertz CT molecular complexity index is 1020. The van der Waals surface area contributed by atoms with Crippen molar-refractivity contribution in [3.8, 4) is 6.07 Å². The Kier molecular flexibility index (Phi) is 3.01. The molecule has 8 aliphatic carbocycles. The van der Waals surface area contributed by atoms with Gasteiger partial charge in [0, 0.05) is 0 Å². The van der Waals surface area contributed by atoms with Crippen LogP contribution in [0.4, 0.5) is 0 Å². The molecule has 0 N–H and O–H groups in total. The lowest BCUT2D eigenvalue weighted by molar-refractivity contribution is -0.0356. The van der Waals surface area contributed by atoms with Crippen LogP contribution in [0, 0.1) is 106 Å². The molecule has 16 atom stereocenters. The second-order valence-corrected chi connectivity index (χ2v) is 13.1. The summed E-state index contributed by atoms with van der Waals surface area (Å²) in [7, 11) is 0. The van der Waals surface area contributed by atoms with Crippen LogP contribution in [0.1, 0.15) is 31.2 Å². The topological polar surface area (TPSA) is 23.8 Å². The van der Waals surface area contributed by atoms with Gasteiger partial charge in [0.05, 0.1) is 12.0 Å². The molecule has 0 amide bonds. The smallest absolute Gasteiger partial charge is 0.0661 e. The van der Waals surface area contributed by atoms with E-state index in [9.17, 15) is 5.26 Å². The van der Waals surface area contributed by atoms with E-state index in [4.69, 9.17) is 0 Å². The molecule has 0 heterocycles. The van der Waals surface area contributed by atoms with Crippen molar-refractivity contribution in [1.29, 1.82) is 5.26 Å². The Morgan fingerprint density at radius 2 is 1.19 bits per heavy atom. The maximum Gasteiger partial charge on any atom is 0.0661 e. The molecule has 158 valence electrons. The van der Waals surface area contributed by atoms with Crippen LogP contribution in [0.5, 0.6) is 0 Å². The molecule has 16 unspecified atom stereocenters. The number of hydrogen-bond donors (Lipinski definition) is 0. The van der Waals surface area contributed by atoms with E-state index < -0.39 is 0 Å². The molecule has 0 aliphatic heterocycles. The minimum absolute atomic E-state index is 0.334. The molecule has 0 saturated heterocycles. The van der Waals surface area contributed by atoms with Crippen molar-refractivity contribution < 1.29 is 0 Å². The van der Waals surface area contributed by atoms with Gasteiger partial charge in [-0.25, -0.2) is 0 Å². The highest BCUT2D eigenvalue weighted by molar-refractivity contribution is 5.29. The van der Waals surface area contributed by atoms with E-state index in [-0.39, 0.29) is 0 Å². The van der Waals surface area contributed by atoms with Crippen LogP contribution in [0.25, 0.3) is 0 Å². The van der Waals surface area contributed by atoms with E-state index in [0.29, 0.717) is 11.8 Å². The van der Waals surface area contributed by atoms with Crippen LogP contribution in [0.3, 0.4) is 0 Å². The SMILES string of the molecule is N#CC1C(Cc2ccccc2)C2CC1C1C3CC(C21)C1C2CC(C4C5C=CC(C5)C24)C31. The first kappa shape index (κ1) is 17.0. The molecule has 7 fully saturated rings. The second-order valence-electron chi connectivity index (χ2n) is 13.1. The van der Waals surface area contributed by atoms with Crippen molar-refractivity contribution in [2.75, 3.05) is 0 Å². The van der Waals surface area contributed by atoms with Gasteiger partial charge < -0.3 is 0 Å². The van der Waals surface area contributed by atoms with Gasteiger partial charge >= 0.3 is 0 Å². The molecule has 1 heteroatoms. The van der Waals surface area contributed by atoms with E-state index in [2.05, 4.69) is 48.6 Å². The van der Waals surface area contributed by atoms with Crippen LogP contribution in [-0.2, 0) is 6.42 Å². The Morgan fingerprint density at radius 3 is 1.84 bits per heavy atom. The zero-order valence-corrected chi connectivity index (χ0v) is 18.3. The molecule has 31 heavy (non-hydrogen) atoms. The molecule has 8 bridgehead atoms. The molecule has 1 aromatic rings. The van der Waals surface area contributed by atoms with Crippen molar-refractivity contribution in [2.24, 2.45) is 94.7 Å². The minimum Gasteiger partial charge on any atom is -0.198 e. The van der Waals surface area contributed by atoms with Gasteiger partial charge in [-0.2, -0.15) is 5.26 Å². The Balaban J connectivity index is 1.07. The molecule has 8 aliphatic rings. The number of nitrogens with zero attached hydrogens (tertiary/aromatic N) is 1. The second kappa shape index (κ2) is 5.50. The zero-order chi connectivity index (χ0) is 20.0. The lowest BCUT2D eigenvalue weighted by atomic mass is 9.53. The predicted molar refractivity (Wildman–Crippen MR) is 119 cm³/mol. The van der Waals surface area contributed by atoms with Crippen LogP contribution < -0.4 is 0 Å². The average molecular weight is 408 g/mol. The molecular formula is C30H33N. The standard InChI is InChI=1S/C30H33N/c31-13-24-17(8-14-4-2-1-3-5-14)18-10-19(24)28-23-12-22(27(18)28)29-20-11-21(30(23)29)26-16-7-6-15(9-16)25(20)26/h1-7,15-30H,8-12H2. The summed E-state index contributed by atoms with van der Waals surface area (Å²) in [4.78, 5) is 0. The molecule has 1 nitrogen and oxygen atoms in total. The van der Waals surface area contributed by atoms with Gasteiger partial charge in [0.25, 0.3) is 0 Å². The molecule has 7 saturated carbocycles. The van der Waals surface area contributed by atoms with Gasteiger partial charge in [0.2, 0.25) is 0 Å². The molecule has 0 radical (unpaired) electrons. The number of rotatable bonds is 2. The van der Waals surface area contributed by atoms with Crippen LogP contribution in [0.2, 0.25) is 0 Å².